The van der Waals surface area contributed by atoms with Gasteiger partial charge in [0.2, 0.25) is 0 Å². The number of fused-ring (bicyclic) bond motifs is 1. The number of carbonyl (C=O) groups is 2. The number of esters is 1. The summed E-state index contributed by atoms with van der Waals surface area (Å²) >= 11 is 0. The summed E-state index contributed by atoms with van der Waals surface area (Å²) in [4.78, 5) is 32.8. The van der Waals surface area contributed by atoms with Crippen LogP contribution in [0.2, 0.25) is 0 Å². The quantitative estimate of drug-likeness (QED) is 0.740. The molecule has 0 radical (unpaired) electrons. The van der Waals surface area contributed by atoms with Crippen LogP contribution in [0, 0.1) is 5.92 Å². The van der Waals surface area contributed by atoms with Gasteiger partial charge in [-0.05, 0) is 31.9 Å². The van der Waals surface area contributed by atoms with E-state index in [9.17, 15) is 9.59 Å². The van der Waals surface area contributed by atoms with Crippen LogP contribution in [0.1, 0.15) is 19.8 Å². The lowest BCUT2D eigenvalue weighted by atomic mass is 9.97. The minimum absolute atomic E-state index is 0.0181. The van der Waals surface area contributed by atoms with Crippen molar-refractivity contribution < 1.29 is 23.5 Å². The van der Waals surface area contributed by atoms with Crippen molar-refractivity contribution in [3.05, 3.63) is 24.3 Å². The first-order valence-corrected chi connectivity index (χ1v) is 9.76. The summed E-state index contributed by atoms with van der Waals surface area (Å²) in [5.74, 6) is -0.656. The van der Waals surface area contributed by atoms with Crippen LogP contribution in [0.4, 0.5) is 6.01 Å². The van der Waals surface area contributed by atoms with Crippen molar-refractivity contribution in [1.82, 2.24) is 9.88 Å². The number of para-hydroxylation sites is 2. The lowest BCUT2D eigenvalue weighted by Crippen LogP contribution is -2.46. The van der Waals surface area contributed by atoms with Crippen LogP contribution in [-0.2, 0) is 19.1 Å². The summed E-state index contributed by atoms with van der Waals surface area (Å²) in [6, 6.07) is 8.24. The second-order valence-corrected chi connectivity index (χ2v) is 7.35. The highest BCUT2D eigenvalue weighted by atomic mass is 16.5. The van der Waals surface area contributed by atoms with Gasteiger partial charge in [-0.25, -0.2) is 0 Å². The Labute approximate surface area is 163 Å². The van der Waals surface area contributed by atoms with Crippen molar-refractivity contribution in [2.75, 3.05) is 44.3 Å². The Morgan fingerprint density at radius 1 is 1.21 bits per heavy atom. The van der Waals surface area contributed by atoms with E-state index >= 15 is 0 Å². The highest BCUT2D eigenvalue weighted by Crippen LogP contribution is 2.26. The second kappa shape index (κ2) is 8.18. The van der Waals surface area contributed by atoms with E-state index in [0.717, 1.165) is 11.1 Å². The number of ether oxygens (including phenoxy) is 2. The molecule has 1 unspecified atom stereocenters. The van der Waals surface area contributed by atoms with Gasteiger partial charge in [-0.3, -0.25) is 9.59 Å². The highest BCUT2D eigenvalue weighted by molar-refractivity contribution is 5.81. The van der Waals surface area contributed by atoms with Gasteiger partial charge in [0, 0.05) is 26.2 Å². The Balaban J connectivity index is 1.25. The molecule has 8 nitrogen and oxygen atoms in total. The molecule has 4 rings (SSSR count). The van der Waals surface area contributed by atoms with Gasteiger partial charge >= 0.3 is 5.97 Å². The number of amides is 1. The molecule has 2 fully saturated rings. The molecule has 150 valence electrons. The molecule has 1 atom stereocenters. The molecule has 0 aliphatic carbocycles. The van der Waals surface area contributed by atoms with Crippen molar-refractivity contribution in [1.29, 1.82) is 0 Å². The number of carbonyl (C=O) groups excluding carboxylic acids is 2. The molecule has 8 heteroatoms. The van der Waals surface area contributed by atoms with Crippen molar-refractivity contribution in [3.63, 3.8) is 0 Å². The number of hydrogen-bond donors (Lipinski definition) is 0. The maximum absolute atomic E-state index is 12.4. The van der Waals surface area contributed by atoms with E-state index in [1.807, 2.05) is 36.1 Å². The van der Waals surface area contributed by atoms with Gasteiger partial charge in [0.1, 0.15) is 5.52 Å². The monoisotopic (exact) mass is 387 g/mol. The molecule has 0 saturated carbocycles. The molecule has 2 aliphatic heterocycles. The van der Waals surface area contributed by atoms with E-state index in [2.05, 4.69) is 4.98 Å². The third-order valence-electron chi connectivity index (χ3n) is 5.31. The zero-order chi connectivity index (χ0) is 19.5. The Hall–Kier alpha value is -2.61. The lowest BCUT2D eigenvalue weighted by Gasteiger charge is -2.31. The second-order valence-electron chi connectivity index (χ2n) is 7.35. The molecule has 1 aromatic carbocycles. The lowest BCUT2D eigenvalue weighted by molar-refractivity contribution is -0.158. The van der Waals surface area contributed by atoms with Gasteiger partial charge in [0.05, 0.1) is 18.6 Å². The van der Waals surface area contributed by atoms with Crippen LogP contribution in [-0.4, -0.2) is 67.3 Å². The maximum atomic E-state index is 12.4. The van der Waals surface area contributed by atoms with E-state index in [-0.39, 0.29) is 30.5 Å². The molecule has 2 aliphatic rings. The third kappa shape index (κ3) is 4.11. The molecule has 3 heterocycles. The van der Waals surface area contributed by atoms with Gasteiger partial charge in [0.25, 0.3) is 11.9 Å². The Morgan fingerprint density at radius 2 is 2.00 bits per heavy atom. The summed E-state index contributed by atoms with van der Waals surface area (Å²) < 4.78 is 16.5. The van der Waals surface area contributed by atoms with Crippen LogP contribution in [0.3, 0.4) is 0 Å². The number of hydrogen-bond acceptors (Lipinski definition) is 7. The predicted molar refractivity (Wildman–Crippen MR) is 102 cm³/mol. The predicted octanol–water partition coefficient (Wildman–Crippen LogP) is 1.83. The standard InChI is InChI=1S/C20H25N3O5/c1-14-12-23(10-11-26-14)18(24)13-27-19(25)15-6-8-22(9-7-15)20-21-16-4-2-3-5-17(16)28-20/h2-5,14-15H,6-13H2,1H3. The Kier molecular flexibility index (Phi) is 5.47. The van der Waals surface area contributed by atoms with Gasteiger partial charge in [-0.1, -0.05) is 12.1 Å². The number of aromatic nitrogens is 1. The van der Waals surface area contributed by atoms with E-state index in [1.165, 1.54) is 0 Å². The summed E-state index contributed by atoms with van der Waals surface area (Å²) in [5.41, 5.74) is 1.59. The minimum atomic E-state index is -0.299. The normalized spacial score (nSPS) is 21.1. The largest absolute Gasteiger partial charge is 0.455 e. The molecule has 0 bridgehead atoms. The molecule has 2 aromatic rings. The van der Waals surface area contributed by atoms with E-state index in [0.29, 0.717) is 51.6 Å². The molecular formula is C20H25N3O5. The SMILES string of the molecule is CC1CN(C(=O)COC(=O)C2CCN(c3nc4ccccc4o3)CC2)CCO1. The fraction of sp³-hybridized carbons (Fsp3) is 0.550. The Morgan fingerprint density at radius 3 is 2.75 bits per heavy atom. The number of anilines is 1. The number of oxazole rings is 1. The molecule has 1 aromatic heterocycles. The van der Waals surface area contributed by atoms with Crippen molar-refractivity contribution in [3.8, 4) is 0 Å². The first kappa shape index (κ1) is 18.7. The Bertz CT molecular complexity index is 810. The molecular weight excluding hydrogens is 362 g/mol. The highest BCUT2D eigenvalue weighted by Gasteiger charge is 2.29. The van der Waals surface area contributed by atoms with Crippen LogP contribution in [0.15, 0.2) is 28.7 Å². The molecule has 28 heavy (non-hydrogen) atoms. The summed E-state index contributed by atoms with van der Waals surface area (Å²) in [7, 11) is 0. The van der Waals surface area contributed by atoms with Crippen molar-refractivity contribution in [2.45, 2.75) is 25.9 Å². The molecule has 0 spiro atoms. The smallest absolute Gasteiger partial charge is 0.309 e. The van der Waals surface area contributed by atoms with Gasteiger partial charge in [0.15, 0.2) is 12.2 Å². The first-order chi connectivity index (χ1) is 13.6. The van der Waals surface area contributed by atoms with Crippen LogP contribution >= 0.6 is 0 Å². The molecule has 1 amide bonds. The average Bonchev–Trinajstić information content (AvgIpc) is 3.16. The third-order valence-corrected chi connectivity index (χ3v) is 5.31. The summed E-state index contributed by atoms with van der Waals surface area (Å²) in [5, 5.41) is 0. The average molecular weight is 387 g/mol. The number of piperidine rings is 1. The van der Waals surface area contributed by atoms with Gasteiger partial charge in [-0.2, -0.15) is 4.98 Å². The molecule has 0 N–H and O–H groups in total. The number of benzene rings is 1. The minimum Gasteiger partial charge on any atom is -0.455 e. The fourth-order valence-corrected chi connectivity index (χ4v) is 3.69. The zero-order valence-electron chi connectivity index (χ0n) is 16.0. The summed E-state index contributed by atoms with van der Waals surface area (Å²) in [6.07, 6.45) is 1.32. The van der Waals surface area contributed by atoms with Gasteiger partial charge < -0.3 is 23.7 Å². The summed E-state index contributed by atoms with van der Waals surface area (Å²) in [6.45, 7) is 4.67. The fourth-order valence-electron chi connectivity index (χ4n) is 3.69. The van der Waals surface area contributed by atoms with Crippen LogP contribution < -0.4 is 4.90 Å². The van der Waals surface area contributed by atoms with Crippen LogP contribution in [0.5, 0.6) is 0 Å². The maximum Gasteiger partial charge on any atom is 0.309 e. The van der Waals surface area contributed by atoms with E-state index in [4.69, 9.17) is 13.9 Å². The van der Waals surface area contributed by atoms with Gasteiger partial charge in [-0.15, -0.1) is 0 Å². The van der Waals surface area contributed by atoms with Crippen molar-refractivity contribution >= 4 is 29.0 Å². The number of rotatable bonds is 4. The van der Waals surface area contributed by atoms with Crippen LogP contribution in [0.25, 0.3) is 11.1 Å². The van der Waals surface area contributed by atoms with Crippen molar-refractivity contribution in [2.24, 2.45) is 5.92 Å². The number of morpholine rings is 1. The first-order valence-electron chi connectivity index (χ1n) is 9.76. The molecule has 2 saturated heterocycles. The number of nitrogens with zero attached hydrogens (tertiary/aromatic N) is 3. The zero-order valence-corrected chi connectivity index (χ0v) is 16.0. The topological polar surface area (TPSA) is 85.1 Å². The van der Waals surface area contributed by atoms with E-state index < -0.39 is 0 Å². The van der Waals surface area contributed by atoms with E-state index in [1.54, 1.807) is 4.90 Å².